The van der Waals surface area contributed by atoms with Crippen molar-refractivity contribution in [2.75, 3.05) is 19.6 Å². The molecule has 162 valence electrons. The number of halogens is 1. The fraction of sp³-hybridized carbons (Fsp3) is 0.375. The predicted octanol–water partition coefficient (Wildman–Crippen LogP) is 4.91. The first-order valence-corrected chi connectivity index (χ1v) is 11.2. The van der Waals surface area contributed by atoms with E-state index in [0.29, 0.717) is 29.3 Å². The summed E-state index contributed by atoms with van der Waals surface area (Å²) in [5.74, 6) is 1.27. The van der Waals surface area contributed by atoms with E-state index in [0.717, 1.165) is 50.0 Å². The minimum atomic E-state index is 0.115. The topological polar surface area (TPSA) is 62.5 Å². The molecule has 3 aromatic rings. The Morgan fingerprint density at radius 3 is 2.65 bits per heavy atom. The SMILES string of the molecule is CCCN(Cc1nc(-c2cccc(Cl)c2)no1)C1CCN(C(=O)c2ccccc2)CC1. The number of hydrogen-bond donors (Lipinski definition) is 0. The highest BCUT2D eigenvalue weighted by Gasteiger charge is 2.28. The highest BCUT2D eigenvalue weighted by molar-refractivity contribution is 6.30. The van der Waals surface area contributed by atoms with Gasteiger partial charge >= 0.3 is 0 Å². The molecule has 0 bridgehead atoms. The summed E-state index contributed by atoms with van der Waals surface area (Å²) in [7, 11) is 0. The van der Waals surface area contributed by atoms with Crippen LogP contribution >= 0.6 is 11.6 Å². The Labute approximate surface area is 187 Å². The van der Waals surface area contributed by atoms with Gasteiger partial charge in [-0.2, -0.15) is 4.98 Å². The summed E-state index contributed by atoms with van der Waals surface area (Å²) in [6, 6.07) is 17.3. The molecule has 31 heavy (non-hydrogen) atoms. The van der Waals surface area contributed by atoms with Crippen molar-refractivity contribution < 1.29 is 9.32 Å². The van der Waals surface area contributed by atoms with E-state index >= 15 is 0 Å². The maximum absolute atomic E-state index is 12.7. The number of nitrogens with zero attached hydrogens (tertiary/aromatic N) is 4. The smallest absolute Gasteiger partial charge is 0.253 e. The number of amides is 1. The van der Waals surface area contributed by atoms with E-state index in [1.54, 1.807) is 0 Å². The van der Waals surface area contributed by atoms with Gasteiger partial charge in [-0.25, -0.2) is 0 Å². The van der Waals surface area contributed by atoms with Gasteiger partial charge in [0, 0.05) is 35.3 Å². The highest BCUT2D eigenvalue weighted by atomic mass is 35.5. The number of aromatic nitrogens is 2. The first-order chi connectivity index (χ1) is 15.1. The third-order valence-corrected chi connectivity index (χ3v) is 5.92. The Hall–Kier alpha value is -2.70. The molecule has 1 aromatic heterocycles. The van der Waals surface area contributed by atoms with Crippen LogP contribution in [0.15, 0.2) is 59.1 Å². The van der Waals surface area contributed by atoms with Crippen molar-refractivity contribution in [3.63, 3.8) is 0 Å². The third-order valence-electron chi connectivity index (χ3n) is 5.69. The van der Waals surface area contributed by atoms with Crippen LogP contribution in [0.3, 0.4) is 0 Å². The van der Waals surface area contributed by atoms with Crippen LogP contribution in [0.25, 0.3) is 11.4 Å². The minimum Gasteiger partial charge on any atom is -0.339 e. The second-order valence-corrected chi connectivity index (χ2v) is 8.32. The summed E-state index contributed by atoms with van der Waals surface area (Å²) in [6.07, 6.45) is 2.92. The number of piperidine rings is 1. The molecule has 1 fully saturated rings. The lowest BCUT2D eigenvalue weighted by Crippen LogP contribution is -2.46. The molecular weight excluding hydrogens is 412 g/mol. The molecule has 0 saturated carbocycles. The summed E-state index contributed by atoms with van der Waals surface area (Å²) < 4.78 is 5.53. The van der Waals surface area contributed by atoms with E-state index in [1.165, 1.54) is 0 Å². The average Bonchev–Trinajstić information content (AvgIpc) is 3.28. The molecule has 0 atom stereocenters. The fourth-order valence-corrected chi connectivity index (χ4v) is 4.30. The van der Waals surface area contributed by atoms with Crippen molar-refractivity contribution in [2.24, 2.45) is 0 Å². The lowest BCUT2D eigenvalue weighted by Gasteiger charge is -2.38. The van der Waals surface area contributed by atoms with Crippen LogP contribution in [0.4, 0.5) is 0 Å². The zero-order valence-corrected chi connectivity index (χ0v) is 18.5. The van der Waals surface area contributed by atoms with Crippen molar-refractivity contribution in [1.82, 2.24) is 19.9 Å². The molecule has 1 amide bonds. The van der Waals surface area contributed by atoms with E-state index in [9.17, 15) is 4.79 Å². The number of rotatable bonds is 7. The quantitative estimate of drug-likeness (QED) is 0.524. The van der Waals surface area contributed by atoms with E-state index in [-0.39, 0.29) is 5.91 Å². The summed E-state index contributed by atoms with van der Waals surface area (Å²) in [4.78, 5) is 21.7. The summed E-state index contributed by atoms with van der Waals surface area (Å²) in [6.45, 7) is 5.25. The Morgan fingerprint density at radius 1 is 1.16 bits per heavy atom. The molecule has 1 saturated heterocycles. The molecule has 0 unspecified atom stereocenters. The first-order valence-electron chi connectivity index (χ1n) is 10.8. The van der Waals surface area contributed by atoms with E-state index < -0.39 is 0 Å². The van der Waals surface area contributed by atoms with E-state index in [4.69, 9.17) is 16.1 Å². The van der Waals surface area contributed by atoms with Gasteiger partial charge in [-0.05, 0) is 50.1 Å². The van der Waals surface area contributed by atoms with Crippen LogP contribution in [0.2, 0.25) is 5.02 Å². The molecule has 6 nitrogen and oxygen atoms in total. The Kier molecular flexibility index (Phi) is 6.99. The number of hydrogen-bond acceptors (Lipinski definition) is 5. The Balaban J connectivity index is 1.38. The number of likely N-dealkylation sites (tertiary alicyclic amines) is 1. The highest BCUT2D eigenvalue weighted by Crippen LogP contribution is 2.23. The van der Waals surface area contributed by atoms with Crippen LogP contribution in [0.5, 0.6) is 0 Å². The molecule has 2 heterocycles. The van der Waals surface area contributed by atoms with Gasteiger partial charge in [0.15, 0.2) is 0 Å². The van der Waals surface area contributed by atoms with Gasteiger partial charge in [0.2, 0.25) is 11.7 Å². The lowest BCUT2D eigenvalue weighted by atomic mass is 10.0. The summed E-state index contributed by atoms with van der Waals surface area (Å²) in [5, 5.41) is 4.78. The largest absolute Gasteiger partial charge is 0.339 e. The number of carbonyl (C=O) groups is 1. The molecular formula is C24H27ClN4O2. The van der Waals surface area contributed by atoms with Crippen LogP contribution < -0.4 is 0 Å². The fourth-order valence-electron chi connectivity index (χ4n) is 4.11. The maximum Gasteiger partial charge on any atom is 0.253 e. The molecule has 0 aliphatic carbocycles. The summed E-state index contributed by atoms with van der Waals surface area (Å²) >= 11 is 6.08. The number of benzene rings is 2. The minimum absolute atomic E-state index is 0.115. The van der Waals surface area contributed by atoms with Gasteiger partial charge in [0.25, 0.3) is 5.91 Å². The van der Waals surface area contributed by atoms with E-state index in [1.807, 2.05) is 59.5 Å². The van der Waals surface area contributed by atoms with Crippen LogP contribution in [-0.4, -0.2) is 51.5 Å². The standard InChI is InChI=1S/C24H27ClN4O2/c1-2-13-29(17-22-26-23(27-31-22)19-9-6-10-20(25)16-19)21-11-14-28(15-12-21)24(30)18-7-4-3-5-8-18/h3-10,16,21H,2,11-15,17H2,1H3. The van der Waals surface area contributed by atoms with Gasteiger partial charge in [0.05, 0.1) is 6.54 Å². The predicted molar refractivity (Wildman–Crippen MR) is 121 cm³/mol. The van der Waals surface area contributed by atoms with Gasteiger partial charge in [-0.1, -0.05) is 54.0 Å². The van der Waals surface area contributed by atoms with Crippen molar-refractivity contribution in [1.29, 1.82) is 0 Å². The Morgan fingerprint density at radius 2 is 1.94 bits per heavy atom. The molecule has 2 aromatic carbocycles. The zero-order chi connectivity index (χ0) is 21.6. The van der Waals surface area contributed by atoms with E-state index in [2.05, 4.69) is 22.0 Å². The molecule has 1 aliphatic heterocycles. The number of carbonyl (C=O) groups excluding carboxylic acids is 1. The average molecular weight is 439 g/mol. The second-order valence-electron chi connectivity index (χ2n) is 7.88. The van der Waals surface area contributed by atoms with Crippen LogP contribution in [0.1, 0.15) is 42.4 Å². The molecule has 1 aliphatic rings. The Bertz CT molecular complexity index is 1000. The van der Waals surface area contributed by atoms with Gasteiger partial charge in [0.1, 0.15) is 0 Å². The third kappa shape index (κ3) is 5.32. The first kappa shape index (κ1) is 21.5. The lowest BCUT2D eigenvalue weighted by molar-refractivity contribution is 0.0590. The molecule has 0 radical (unpaired) electrons. The summed E-state index contributed by atoms with van der Waals surface area (Å²) in [5.41, 5.74) is 1.60. The van der Waals surface area contributed by atoms with Crippen LogP contribution in [-0.2, 0) is 6.54 Å². The maximum atomic E-state index is 12.7. The van der Waals surface area contributed by atoms with Gasteiger partial charge in [-0.15, -0.1) is 0 Å². The van der Waals surface area contributed by atoms with Gasteiger partial charge < -0.3 is 9.42 Å². The van der Waals surface area contributed by atoms with Crippen molar-refractivity contribution in [3.05, 3.63) is 71.1 Å². The van der Waals surface area contributed by atoms with Crippen molar-refractivity contribution >= 4 is 17.5 Å². The van der Waals surface area contributed by atoms with Crippen molar-refractivity contribution in [3.8, 4) is 11.4 Å². The molecule has 0 N–H and O–H groups in total. The molecule has 7 heteroatoms. The van der Waals surface area contributed by atoms with Crippen molar-refractivity contribution in [2.45, 2.75) is 38.8 Å². The zero-order valence-electron chi connectivity index (χ0n) is 17.7. The molecule has 4 rings (SSSR count). The molecule has 0 spiro atoms. The second kappa shape index (κ2) is 10.1. The normalized spacial score (nSPS) is 14.9. The van der Waals surface area contributed by atoms with Gasteiger partial charge in [-0.3, -0.25) is 9.69 Å². The monoisotopic (exact) mass is 438 g/mol. The van der Waals surface area contributed by atoms with Crippen LogP contribution in [0, 0.1) is 0 Å².